The lowest BCUT2D eigenvalue weighted by Gasteiger charge is -2.29. The van der Waals surface area contributed by atoms with Crippen LogP contribution in [0.25, 0.3) is 11.0 Å². The Labute approximate surface area is 197 Å². The van der Waals surface area contributed by atoms with E-state index in [0.29, 0.717) is 21.6 Å². The maximum absolute atomic E-state index is 10.9. The number of halogens is 2. The quantitative estimate of drug-likeness (QED) is 0.243. The van der Waals surface area contributed by atoms with Crippen molar-refractivity contribution in [2.24, 2.45) is 0 Å². The molecule has 180 valence electrons. The Balaban J connectivity index is 0.000000555. The van der Waals surface area contributed by atoms with Crippen molar-refractivity contribution >= 4 is 47.9 Å². The molecule has 3 heterocycles. The van der Waals surface area contributed by atoms with Gasteiger partial charge in [0.15, 0.2) is 6.23 Å². The van der Waals surface area contributed by atoms with E-state index in [4.69, 9.17) is 52.9 Å². The molecule has 0 amide bonds. The number of anilines is 1. The Morgan fingerprint density at radius 1 is 1.21 bits per heavy atom. The number of nitrogens with zero attached hydrogens (tertiary/aromatic N) is 3. The Morgan fingerprint density at radius 3 is 2.45 bits per heavy atom. The number of hydrogen-bond donors (Lipinski definition) is 7. The molecule has 33 heavy (non-hydrogen) atoms. The van der Waals surface area contributed by atoms with Crippen molar-refractivity contribution in [3.05, 3.63) is 52.4 Å². The first kappa shape index (κ1) is 25.8. The summed E-state index contributed by atoms with van der Waals surface area (Å²) in [6.45, 7) is 1.40. The van der Waals surface area contributed by atoms with E-state index in [1.807, 2.05) is 0 Å². The maximum Gasteiger partial charge on any atom is 0.466 e. The number of aromatic nitrogens is 3. The fourth-order valence-corrected chi connectivity index (χ4v) is 3.80. The van der Waals surface area contributed by atoms with Gasteiger partial charge in [-0.2, -0.15) is 0 Å². The molecule has 3 aromatic rings. The second-order valence-electron chi connectivity index (χ2n) is 7.47. The van der Waals surface area contributed by atoms with Gasteiger partial charge in [0.2, 0.25) is 0 Å². The van der Waals surface area contributed by atoms with Gasteiger partial charge in [-0.25, -0.2) is 14.5 Å². The van der Waals surface area contributed by atoms with E-state index in [1.54, 1.807) is 29.0 Å². The molecule has 0 bridgehead atoms. The zero-order valence-corrected chi connectivity index (χ0v) is 19.3. The van der Waals surface area contributed by atoms with Gasteiger partial charge in [0.1, 0.15) is 41.7 Å². The number of hydrogen-bond acceptors (Lipinski definition) is 8. The van der Waals surface area contributed by atoms with Crippen molar-refractivity contribution in [3.63, 3.8) is 0 Å². The first-order chi connectivity index (χ1) is 15.2. The number of ether oxygens (including phenoxy) is 1. The molecule has 0 radical (unpaired) electrons. The van der Waals surface area contributed by atoms with E-state index in [-0.39, 0.29) is 10.8 Å². The highest BCUT2D eigenvalue weighted by molar-refractivity contribution is 7.45. The molecule has 1 aliphatic rings. The summed E-state index contributed by atoms with van der Waals surface area (Å²) in [6, 6.07) is 6.31. The molecular weight excluding hydrogens is 502 g/mol. The van der Waals surface area contributed by atoms with Crippen LogP contribution in [0.5, 0.6) is 0 Å². The molecule has 0 unspecified atom stereocenters. The van der Waals surface area contributed by atoms with Crippen LogP contribution in [0.3, 0.4) is 0 Å². The molecule has 8 N–H and O–H groups in total. The zero-order valence-electron chi connectivity index (χ0n) is 16.9. The third-order valence-electron chi connectivity index (χ3n) is 5.12. The lowest BCUT2D eigenvalue weighted by molar-refractivity contribution is -0.115. The van der Waals surface area contributed by atoms with Crippen LogP contribution in [-0.2, 0) is 9.30 Å². The normalized spacial score (nSPS) is 26.2. The van der Waals surface area contributed by atoms with Gasteiger partial charge in [0.05, 0.1) is 15.4 Å². The van der Waals surface area contributed by atoms with Crippen LogP contribution in [0, 0.1) is 0 Å². The summed E-state index contributed by atoms with van der Waals surface area (Å²) in [5.74, 6) is 0.287. The highest BCUT2D eigenvalue weighted by atomic mass is 35.5. The van der Waals surface area contributed by atoms with Crippen LogP contribution in [-0.4, -0.2) is 62.3 Å². The van der Waals surface area contributed by atoms with E-state index in [9.17, 15) is 15.3 Å². The molecule has 0 spiro atoms. The predicted octanol–water partition coefficient (Wildman–Crippen LogP) is 1.13. The highest BCUT2D eigenvalue weighted by Gasteiger charge is 2.55. The van der Waals surface area contributed by atoms with Crippen molar-refractivity contribution in [1.82, 2.24) is 14.5 Å². The minimum Gasteiger partial charge on any atom is -0.386 e. The van der Waals surface area contributed by atoms with Crippen LogP contribution in [0.4, 0.5) is 5.82 Å². The SMILES string of the molecule is C[C@@]1(O)[C@@H]([C@H](O)c2ccc(Cl)c(Cl)c2)O[C@@H](n2ccc3c(N)ncnc32)[C@@H]1O.O=P(O)(O)O. The van der Waals surface area contributed by atoms with Gasteiger partial charge < -0.3 is 45.0 Å². The standard InChI is InChI=1S/C18H18Cl2N4O4.H3O4P/c1-18(27)13(26)17(24-5-4-9-15(21)22-7-23-16(9)24)28-14(18)12(25)8-2-3-10(19)11(20)6-8;1-5(2,3)4/h2-7,12-14,17,25-27H,1H3,(H2,21,22,23);(H3,1,2,3,4)/t12-,13+,14-,17-,18+;/m1./s1. The monoisotopic (exact) mass is 522 g/mol. The summed E-state index contributed by atoms with van der Waals surface area (Å²) in [4.78, 5) is 29.7. The fourth-order valence-electron chi connectivity index (χ4n) is 3.50. The van der Waals surface area contributed by atoms with Crippen molar-refractivity contribution in [2.45, 2.75) is 37.1 Å². The Kier molecular flexibility index (Phi) is 7.37. The summed E-state index contributed by atoms with van der Waals surface area (Å²) in [6.07, 6.45) is -1.80. The summed E-state index contributed by atoms with van der Waals surface area (Å²) in [5, 5.41) is 33.7. The average Bonchev–Trinajstić information content (AvgIpc) is 3.22. The number of aliphatic hydroxyl groups is 3. The van der Waals surface area contributed by atoms with Gasteiger partial charge in [-0.3, -0.25) is 0 Å². The number of benzene rings is 1. The Morgan fingerprint density at radius 2 is 1.85 bits per heavy atom. The second-order valence-corrected chi connectivity index (χ2v) is 9.31. The molecule has 1 fully saturated rings. The third-order valence-corrected chi connectivity index (χ3v) is 5.86. The molecule has 4 rings (SSSR count). The van der Waals surface area contributed by atoms with E-state index in [2.05, 4.69) is 9.97 Å². The summed E-state index contributed by atoms with van der Waals surface area (Å²) < 4.78 is 16.3. The first-order valence-corrected chi connectivity index (χ1v) is 11.6. The van der Waals surface area contributed by atoms with Crippen molar-refractivity contribution in [2.75, 3.05) is 5.73 Å². The number of aliphatic hydroxyl groups excluding tert-OH is 2. The van der Waals surface area contributed by atoms with Crippen LogP contribution >= 0.6 is 31.0 Å². The van der Waals surface area contributed by atoms with Gasteiger partial charge in [0.25, 0.3) is 0 Å². The van der Waals surface area contributed by atoms with Crippen molar-refractivity contribution in [1.29, 1.82) is 0 Å². The second kappa shape index (κ2) is 9.43. The average molecular weight is 523 g/mol. The largest absolute Gasteiger partial charge is 0.466 e. The number of nitrogen functional groups attached to an aromatic ring is 1. The lowest BCUT2D eigenvalue weighted by Crippen LogP contribution is -2.47. The van der Waals surface area contributed by atoms with Crippen LogP contribution in [0.2, 0.25) is 10.0 Å². The van der Waals surface area contributed by atoms with E-state index < -0.39 is 38.0 Å². The van der Waals surface area contributed by atoms with Gasteiger partial charge >= 0.3 is 7.82 Å². The summed E-state index contributed by atoms with van der Waals surface area (Å²) in [5.41, 5.74) is 4.94. The minimum absolute atomic E-state index is 0.261. The predicted molar refractivity (Wildman–Crippen MR) is 118 cm³/mol. The highest BCUT2D eigenvalue weighted by Crippen LogP contribution is 2.44. The summed E-state index contributed by atoms with van der Waals surface area (Å²) in [7, 11) is -4.64. The Bertz CT molecular complexity index is 1200. The number of nitrogens with two attached hydrogens (primary N) is 1. The molecule has 1 aromatic carbocycles. The molecule has 0 aliphatic carbocycles. The fraction of sp³-hybridized carbons (Fsp3) is 0.333. The molecular formula is C18H21Cl2N4O8P. The van der Waals surface area contributed by atoms with Crippen molar-refractivity contribution < 1.29 is 39.3 Å². The molecule has 15 heteroatoms. The molecule has 1 saturated heterocycles. The van der Waals surface area contributed by atoms with Gasteiger partial charge in [0, 0.05) is 6.20 Å². The molecule has 0 saturated carbocycles. The number of phosphoric acid groups is 1. The summed E-state index contributed by atoms with van der Waals surface area (Å²) >= 11 is 12.0. The topological polar surface area (TPSA) is 204 Å². The maximum atomic E-state index is 10.9. The first-order valence-electron chi connectivity index (χ1n) is 9.26. The molecule has 5 atom stereocenters. The molecule has 1 aliphatic heterocycles. The van der Waals surface area contributed by atoms with Gasteiger partial charge in [-0.15, -0.1) is 0 Å². The third kappa shape index (κ3) is 5.47. The van der Waals surface area contributed by atoms with Crippen LogP contribution in [0.15, 0.2) is 36.8 Å². The lowest BCUT2D eigenvalue weighted by atomic mass is 9.88. The number of fused-ring (bicyclic) bond motifs is 1. The van der Waals surface area contributed by atoms with Crippen molar-refractivity contribution in [3.8, 4) is 0 Å². The van der Waals surface area contributed by atoms with Gasteiger partial charge in [-0.1, -0.05) is 29.3 Å². The minimum atomic E-state index is -4.64. The smallest absolute Gasteiger partial charge is 0.386 e. The van der Waals surface area contributed by atoms with E-state index >= 15 is 0 Å². The van der Waals surface area contributed by atoms with Crippen LogP contribution in [0.1, 0.15) is 24.8 Å². The number of rotatable bonds is 3. The van der Waals surface area contributed by atoms with E-state index in [1.165, 1.54) is 19.3 Å². The zero-order chi connectivity index (χ0) is 24.7. The van der Waals surface area contributed by atoms with E-state index in [0.717, 1.165) is 0 Å². The molecule has 2 aromatic heterocycles. The van der Waals surface area contributed by atoms with Gasteiger partial charge in [-0.05, 0) is 30.7 Å². The Hall–Kier alpha value is -1.83. The van der Waals surface area contributed by atoms with Crippen LogP contribution < -0.4 is 5.73 Å². The molecule has 12 nitrogen and oxygen atoms in total.